The van der Waals surface area contributed by atoms with Crippen molar-refractivity contribution in [1.29, 1.82) is 0 Å². The highest BCUT2D eigenvalue weighted by Crippen LogP contribution is 2.18. The lowest BCUT2D eigenvalue weighted by Crippen LogP contribution is -2.30. The number of unbranched alkanes of at least 4 members (excludes halogenated alkanes) is 46. The van der Waals surface area contributed by atoms with E-state index in [-0.39, 0.29) is 31.1 Å². The zero-order valence-electron chi connectivity index (χ0n) is 51.3. The van der Waals surface area contributed by atoms with Crippen LogP contribution in [0.25, 0.3) is 0 Å². The number of esters is 3. The molecule has 1 atom stereocenters. The fraction of sp³-hybridized carbons (Fsp3) is 0.871. The van der Waals surface area contributed by atoms with Crippen LogP contribution in [0.5, 0.6) is 0 Å². The van der Waals surface area contributed by atoms with E-state index in [9.17, 15) is 14.4 Å². The van der Waals surface area contributed by atoms with E-state index in [4.69, 9.17) is 14.2 Å². The summed E-state index contributed by atoms with van der Waals surface area (Å²) in [7, 11) is 0. The molecular weight excluding hydrogens is 937 g/mol. The molecule has 0 spiro atoms. The van der Waals surface area contributed by atoms with Crippen LogP contribution < -0.4 is 0 Å². The van der Waals surface area contributed by atoms with Gasteiger partial charge in [0.1, 0.15) is 13.2 Å². The Labute approximate surface area is 474 Å². The summed E-state index contributed by atoms with van der Waals surface area (Å²) in [5.74, 6) is -0.847. The molecule has 0 aliphatic rings. The fourth-order valence-corrected chi connectivity index (χ4v) is 10.3. The van der Waals surface area contributed by atoms with E-state index in [0.29, 0.717) is 19.3 Å². The molecule has 0 aromatic carbocycles. The molecule has 0 amide bonds. The summed E-state index contributed by atoms with van der Waals surface area (Å²) in [6, 6.07) is 0. The van der Waals surface area contributed by atoms with Gasteiger partial charge in [0.15, 0.2) is 6.10 Å². The molecule has 0 aromatic heterocycles. The SMILES string of the molecule is CCCCCCC/C=C\C/C=C\C/C=C\CCCCCCCCCCCCCCCCCCC(=O)OCC(COC(=O)CCCCCCCCC)OC(=O)CCCCCCCCCCCCCCCCCCCCCC. The van der Waals surface area contributed by atoms with Crippen LogP contribution in [0.3, 0.4) is 0 Å². The summed E-state index contributed by atoms with van der Waals surface area (Å²) in [4.78, 5) is 38.1. The molecule has 0 aliphatic heterocycles. The molecule has 0 N–H and O–H groups in total. The number of hydrogen-bond donors (Lipinski definition) is 0. The van der Waals surface area contributed by atoms with E-state index in [1.54, 1.807) is 0 Å². The third kappa shape index (κ3) is 62.5. The average molecular weight is 1070 g/mol. The standard InChI is InChI=1S/C70H130O6/c1-4-7-10-13-16-18-20-22-24-26-28-30-31-32-33-34-35-36-37-38-39-40-42-43-45-47-49-51-54-57-60-63-69(72)75-66-67(65-74-68(71)62-59-56-53-15-12-9-6-3)76-70(73)64-61-58-55-52-50-48-46-44-41-29-27-25-23-21-19-17-14-11-8-5-2/h20,22,26,28,31-32,67H,4-19,21,23-25,27,29-30,33-66H2,1-3H3/b22-20-,28-26-,32-31-. The Bertz CT molecular complexity index is 1270. The van der Waals surface area contributed by atoms with Crippen molar-refractivity contribution in [2.75, 3.05) is 13.2 Å². The molecule has 0 saturated heterocycles. The third-order valence-corrected chi connectivity index (χ3v) is 15.4. The second-order valence-electron chi connectivity index (χ2n) is 23.1. The molecule has 6 heteroatoms. The van der Waals surface area contributed by atoms with Crippen molar-refractivity contribution < 1.29 is 28.6 Å². The smallest absolute Gasteiger partial charge is 0.306 e. The monoisotopic (exact) mass is 1070 g/mol. The summed E-state index contributed by atoms with van der Waals surface area (Å²) in [6.45, 7) is 6.65. The Morgan fingerprint density at radius 2 is 0.474 bits per heavy atom. The summed E-state index contributed by atoms with van der Waals surface area (Å²) in [6.07, 6.45) is 80.5. The molecule has 0 radical (unpaired) electrons. The normalized spacial score (nSPS) is 12.2. The summed E-state index contributed by atoms with van der Waals surface area (Å²) < 4.78 is 16.9. The molecule has 1 unspecified atom stereocenters. The minimum absolute atomic E-state index is 0.0661. The Morgan fingerprint density at radius 1 is 0.263 bits per heavy atom. The highest BCUT2D eigenvalue weighted by Gasteiger charge is 2.19. The van der Waals surface area contributed by atoms with Crippen molar-refractivity contribution in [2.24, 2.45) is 0 Å². The molecule has 446 valence electrons. The van der Waals surface area contributed by atoms with Crippen LogP contribution in [-0.2, 0) is 28.6 Å². The maximum absolute atomic E-state index is 12.9. The molecule has 0 rings (SSSR count). The Kier molecular flexibility index (Phi) is 63.1. The summed E-state index contributed by atoms with van der Waals surface area (Å²) in [5, 5.41) is 0. The van der Waals surface area contributed by atoms with Crippen LogP contribution in [0.2, 0.25) is 0 Å². The van der Waals surface area contributed by atoms with E-state index >= 15 is 0 Å². The molecule has 0 heterocycles. The second-order valence-corrected chi connectivity index (χ2v) is 23.1. The first kappa shape index (κ1) is 73.6. The molecular formula is C70H130O6. The lowest BCUT2D eigenvalue weighted by atomic mass is 10.0. The Morgan fingerprint density at radius 3 is 0.737 bits per heavy atom. The zero-order chi connectivity index (χ0) is 55.0. The molecule has 0 bridgehead atoms. The van der Waals surface area contributed by atoms with Gasteiger partial charge >= 0.3 is 17.9 Å². The minimum Gasteiger partial charge on any atom is -0.462 e. The van der Waals surface area contributed by atoms with Crippen molar-refractivity contribution in [3.05, 3.63) is 36.5 Å². The van der Waals surface area contributed by atoms with Gasteiger partial charge in [0.2, 0.25) is 0 Å². The van der Waals surface area contributed by atoms with Crippen LogP contribution in [0, 0.1) is 0 Å². The Balaban J connectivity index is 4.01. The van der Waals surface area contributed by atoms with Crippen LogP contribution in [0.1, 0.15) is 374 Å². The van der Waals surface area contributed by atoms with E-state index in [1.165, 1.54) is 263 Å². The summed E-state index contributed by atoms with van der Waals surface area (Å²) >= 11 is 0. The number of hydrogen-bond acceptors (Lipinski definition) is 6. The molecule has 0 saturated carbocycles. The lowest BCUT2D eigenvalue weighted by molar-refractivity contribution is -0.167. The fourth-order valence-electron chi connectivity index (χ4n) is 10.3. The van der Waals surface area contributed by atoms with Gasteiger partial charge in [-0.2, -0.15) is 0 Å². The van der Waals surface area contributed by atoms with E-state index in [2.05, 4.69) is 57.2 Å². The van der Waals surface area contributed by atoms with Gasteiger partial charge in [-0.25, -0.2) is 0 Å². The highest BCUT2D eigenvalue weighted by molar-refractivity contribution is 5.71. The predicted octanol–water partition coefficient (Wildman–Crippen LogP) is 23.2. The maximum atomic E-state index is 12.9. The van der Waals surface area contributed by atoms with E-state index < -0.39 is 6.10 Å². The summed E-state index contributed by atoms with van der Waals surface area (Å²) in [5.41, 5.74) is 0. The van der Waals surface area contributed by atoms with Crippen LogP contribution in [0.15, 0.2) is 36.5 Å². The first-order chi connectivity index (χ1) is 37.5. The Hall–Kier alpha value is -2.37. The number of ether oxygens (including phenoxy) is 3. The third-order valence-electron chi connectivity index (χ3n) is 15.4. The topological polar surface area (TPSA) is 78.9 Å². The van der Waals surface area contributed by atoms with Gasteiger partial charge in [0, 0.05) is 19.3 Å². The molecule has 0 aromatic rings. The van der Waals surface area contributed by atoms with Crippen molar-refractivity contribution >= 4 is 17.9 Å². The predicted molar refractivity (Wildman–Crippen MR) is 330 cm³/mol. The largest absolute Gasteiger partial charge is 0.462 e. The molecule has 0 fully saturated rings. The second kappa shape index (κ2) is 65.2. The van der Waals surface area contributed by atoms with Gasteiger partial charge in [0.05, 0.1) is 0 Å². The molecule has 76 heavy (non-hydrogen) atoms. The quantitative estimate of drug-likeness (QED) is 0.0261. The van der Waals surface area contributed by atoms with Gasteiger partial charge in [-0.05, 0) is 57.8 Å². The van der Waals surface area contributed by atoms with Gasteiger partial charge in [-0.15, -0.1) is 0 Å². The van der Waals surface area contributed by atoms with Gasteiger partial charge in [0.25, 0.3) is 0 Å². The first-order valence-electron chi connectivity index (χ1n) is 34.0. The van der Waals surface area contributed by atoms with Crippen molar-refractivity contribution in [1.82, 2.24) is 0 Å². The van der Waals surface area contributed by atoms with Gasteiger partial charge in [-0.1, -0.05) is 333 Å². The maximum Gasteiger partial charge on any atom is 0.306 e. The van der Waals surface area contributed by atoms with Gasteiger partial charge in [-0.3, -0.25) is 14.4 Å². The number of carbonyl (C=O) groups is 3. The van der Waals surface area contributed by atoms with Crippen LogP contribution >= 0.6 is 0 Å². The molecule has 0 aliphatic carbocycles. The van der Waals surface area contributed by atoms with Crippen molar-refractivity contribution in [3.8, 4) is 0 Å². The first-order valence-corrected chi connectivity index (χ1v) is 34.0. The van der Waals surface area contributed by atoms with Crippen LogP contribution in [-0.4, -0.2) is 37.2 Å². The van der Waals surface area contributed by atoms with Crippen molar-refractivity contribution in [3.63, 3.8) is 0 Å². The van der Waals surface area contributed by atoms with Gasteiger partial charge < -0.3 is 14.2 Å². The van der Waals surface area contributed by atoms with Crippen LogP contribution in [0.4, 0.5) is 0 Å². The average Bonchev–Trinajstić information content (AvgIpc) is 3.42. The number of carbonyl (C=O) groups excluding carboxylic acids is 3. The highest BCUT2D eigenvalue weighted by atomic mass is 16.6. The lowest BCUT2D eigenvalue weighted by Gasteiger charge is -2.18. The van der Waals surface area contributed by atoms with Crippen molar-refractivity contribution in [2.45, 2.75) is 380 Å². The minimum atomic E-state index is -0.766. The number of rotatable bonds is 63. The van der Waals surface area contributed by atoms with E-state index in [0.717, 1.165) is 70.6 Å². The number of allylic oxidation sites excluding steroid dienone is 6. The molecule has 6 nitrogen and oxygen atoms in total. The zero-order valence-corrected chi connectivity index (χ0v) is 51.3. The van der Waals surface area contributed by atoms with E-state index in [1.807, 2.05) is 0 Å².